The Morgan fingerprint density at radius 1 is 0.979 bits per heavy atom. The van der Waals surface area contributed by atoms with Crippen LogP contribution in [0.1, 0.15) is 77.2 Å². The molecule has 2 amide bonds. The van der Waals surface area contributed by atoms with Crippen LogP contribution in [0.25, 0.3) is 0 Å². The Morgan fingerprint density at radius 2 is 1.58 bits per heavy atom. The van der Waals surface area contributed by atoms with Crippen molar-refractivity contribution in [1.82, 2.24) is 15.1 Å². The van der Waals surface area contributed by atoms with E-state index in [0.29, 0.717) is 54.4 Å². The van der Waals surface area contributed by atoms with Crippen LogP contribution in [-0.2, 0) is 4.74 Å². The fourth-order valence-electron chi connectivity index (χ4n) is 7.77. The number of benzene rings is 2. The minimum absolute atomic E-state index is 0.132. The maximum atomic E-state index is 15.8. The Labute approximate surface area is 289 Å². The number of amides is 2. The van der Waals surface area contributed by atoms with Crippen LogP contribution >= 0.6 is 11.6 Å². The third-order valence-electron chi connectivity index (χ3n) is 10.1. The molecule has 0 spiro atoms. The summed E-state index contributed by atoms with van der Waals surface area (Å²) in [4.78, 5) is 31.8. The van der Waals surface area contributed by atoms with E-state index in [9.17, 15) is 14.9 Å². The van der Waals surface area contributed by atoms with Gasteiger partial charge in [-0.15, -0.1) is 0 Å². The summed E-state index contributed by atoms with van der Waals surface area (Å²) in [6, 6.07) is 14.7. The molecule has 0 aromatic heterocycles. The lowest BCUT2D eigenvalue weighted by atomic mass is 9.49. The van der Waals surface area contributed by atoms with Gasteiger partial charge in [0.05, 0.1) is 10.6 Å². The molecule has 11 heteroatoms. The van der Waals surface area contributed by atoms with Crippen molar-refractivity contribution < 1.29 is 23.5 Å². The molecule has 260 valence electrons. The smallest absolute Gasteiger partial charge is 0.410 e. The van der Waals surface area contributed by atoms with Crippen LogP contribution in [0, 0.1) is 22.2 Å². The number of nitriles is 1. The summed E-state index contributed by atoms with van der Waals surface area (Å²) in [5.74, 6) is 0.458. The molecule has 3 aliphatic rings. The van der Waals surface area contributed by atoms with Gasteiger partial charge < -0.3 is 24.6 Å². The number of rotatable bonds is 7. The molecule has 0 radical (unpaired) electrons. The predicted octanol–water partition coefficient (Wildman–Crippen LogP) is 6.68. The second-order valence-electron chi connectivity index (χ2n) is 15.7. The first-order valence-corrected chi connectivity index (χ1v) is 17.2. The fraction of sp³-hybridized carbons (Fsp3) is 0.595. The lowest BCUT2D eigenvalue weighted by Crippen LogP contribution is -2.74. The van der Waals surface area contributed by atoms with E-state index in [2.05, 4.69) is 48.9 Å². The highest BCUT2D eigenvalue weighted by Gasteiger charge is 2.64. The molecule has 1 saturated carbocycles. The molecule has 2 aromatic carbocycles. The molecule has 2 heterocycles. The number of likely N-dealkylation sites (tertiary alicyclic amines) is 1. The number of alkyl halides is 1. The topological polar surface area (TPSA) is 98.1 Å². The number of piperazine rings is 1. The van der Waals surface area contributed by atoms with Crippen molar-refractivity contribution >= 4 is 29.3 Å². The number of nitrogens with zero attached hydrogens (tertiary/aromatic N) is 4. The minimum atomic E-state index is -1.32. The SMILES string of the molecule is CC(C)(C)OC(=O)N1CCC(F)(CN2CCN(c3ccc(C(=O)N[C@H]4C(C)(C)[C@H](Oc5ccc(C#N)c(Cl)c5)C4(C)C)cc3)CC2)CC1. The Hall–Kier alpha value is -3.55. The van der Waals surface area contributed by atoms with Crippen molar-refractivity contribution in [3.05, 3.63) is 58.6 Å². The number of nitrogens with one attached hydrogen (secondary N) is 1. The molecule has 2 aromatic rings. The number of carbonyl (C=O) groups excluding carboxylic acids is 2. The number of hydrogen-bond acceptors (Lipinski definition) is 7. The number of hydrogen-bond donors (Lipinski definition) is 1. The highest BCUT2D eigenvalue weighted by molar-refractivity contribution is 6.31. The van der Waals surface area contributed by atoms with Gasteiger partial charge in [0, 0.05) is 92.8 Å². The van der Waals surface area contributed by atoms with Crippen molar-refractivity contribution in [2.75, 3.05) is 50.7 Å². The molecule has 0 atom stereocenters. The van der Waals surface area contributed by atoms with E-state index < -0.39 is 11.3 Å². The number of piperidine rings is 1. The zero-order valence-corrected chi connectivity index (χ0v) is 30.0. The summed E-state index contributed by atoms with van der Waals surface area (Å²) >= 11 is 6.22. The first-order chi connectivity index (χ1) is 22.4. The van der Waals surface area contributed by atoms with E-state index in [4.69, 9.17) is 21.1 Å². The monoisotopic (exact) mass is 681 g/mol. The average Bonchev–Trinajstić information content (AvgIpc) is 3.02. The quantitative estimate of drug-likeness (QED) is 0.348. The standard InChI is InChI=1S/C37H49ClFN5O4/c1-34(2,3)48-33(46)44-16-14-37(39,15-17-44)24-42-18-20-43(21-19-42)27-11-8-25(9-12-27)30(45)41-31-35(4,5)32(36(31,6)7)47-28-13-10-26(23-40)29(38)22-28/h8-13,22,31-32H,14-21,24H2,1-7H3,(H,41,45)/t31-,32-. The van der Waals surface area contributed by atoms with E-state index in [1.165, 1.54) is 0 Å². The Bertz CT molecular complexity index is 1520. The van der Waals surface area contributed by atoms with Gasteiger partial charge in [-0.05, 0) is 57.2 Å². The second-order valence-corrected chi connectivity index (χ2v) is 16.1. The zero-order chi connectivity index (χ0) is 35.1. The van der Waals surface area contributed by atoms with Crippen LogP contribution in [0.2, 0.25) is 5.02 Å². The number of ether oxygens (including phenoxy) is 2. The summed E-state index contributed by atoms with van der Waals surface area (Å²) in [5.41, 5.74) is -0.574. The molecule has 3 fully saturated rings. The lowest BCUT2D eigenvalue weighted by Gasteiger charge is -2.63. The van der Waals surface area contributed by atoms with Crippen LogP contribution in [0.5, 0.6) is 5.75 Å². The van der Waals surface area contributed by atoms with Gasteiger partial charge in [0.25, 0.3) is 5.91 Å². The first-order valence-electron chi connectivity index (χ1n) is 16.8. The van der Waals surface area contributed by atoms with Crippen molar-refractivity contribution in [3.8, 4) is 11.8 Å². The molecule has 1 aliphatic carbocycles. The summed E-state index contributed by atoms with van der Waals surface area (Å²) < 4.78 is 27.6. The molecular formula is C37H49ClFN5O4. The Morgan fingerprint density at radius 3 is 2.12 bits per heavy atom. The molecule has 0 bridgehead atoms. The van der Waals surface area contributed by atoms with Gasteiger partial charge in [-0.3, -0.25) is 9.69 Å². The van der Waals surface area contributed by atoms with E-state index in [1.54, 1.807) is 23.1 Å². The maximum Gasteiger partial charge on any atom is 0.410 e. The van der Waals surface area contributed by atoms with Crippen molar-refractivity contribution in [2.45, 2.75) is 84.7 Å². The van der Waals surface area contributed by atoms with E-state index in [0.717, 1.165) is 31.9 Å². The summed E-state index contributed by atoms with van der Waals surface area (Å²) in [6.45, 7) is 17.9. The lowest BCUT2D eigenvalue weighted by molar-refractivity contribution is -0.164. The average molecular weight is 682 g/mol. The minimum Gasteiger partial charge on any atom is -0.489 e. The summed E-state index contributed by atoms with van der Waals surface area (Å²) in [6.07, 6.45) is 0.0657. The van der Waals surface area contributed by atoms with Crippen LogP contribution in [0.4, 0.5) is 14.9 Å². The van der Waals surface area contributed by atoms with E-state index >= 15 is 4.39 Å². The van der Waals surface area contributed by atoms with Crippen LogP contribution in [0.3, 0.4) is 0 Å². The Balaban J connectivity index is 1.10. The van der Waals surface area contributed by atoms with E-state index in [-0.39, 0.29) is 35.0 Å². The molecule has 1 N–H and O–H groups in total. The van der Waals surface area contributed by atoms with Crippen molar-refractivity contribution in [3.63, 3.8) is 0 Å². The summed E-state index contributed by atoms with van der Waals surface area (Å²) in [5, 5.41) is 12.8. The van der Waals surface area contributed by atoms with Gasteiger partial charge in [-0.1, -0.05) is 39.3 Å². The van der Waals surface area contributed by atoms with Crippen LogP contribution in [0.15, 0.2) is 42.5 Å². The second kappa shape index (κ2) is 13.4. The zero-order valence-electron chi connectivity index (χ0n) is 29.2. The molecule has 2 aliphatic heterocycles. The molecule has 0 unspecified atom stereocenters. The van der Waals surface area contributed by atoms with Crippen molar-refractivity contribution in [1.29, 1.82) is 5.26 Å². The normalized spacial score (nSPS) is 23.4. The van der Waals surface area contributed by atoms with Gasteiger partial charge in [0.2, 0.25) is 0 Å². The maximum absolute atomic E-state index is 15.8. The molecule has 48 heavy (non-hydrogen) atoms. The van der Waals surface area contributed by atoms with Gasteiger partial charge in [-0.25, -0.2) is 9.18 Å². The van der Waals surface area contributed by atoms with Crippen molar-refractivity contribution in [2.24, 2.45) is 10.8 Å². The summed E-state index contributed by atoms with van der Waals surface area (Å²) in [7, 11) is 0. The van der Waals surface area contributed by atoms with Gasteiger partial charge in [-0.2, -0.15) is 5.26 Å². The Kier molecular flexibility index (Phi) is 9.98. The third kappa shape index (κ3) is 7.68. The predicted molar refractivity (Wildman–Crippen MR) is 185 cm³/mol. The molecule has 9 nitrogen and oxygen atoms in total. The number of anilines is 1. The van der Waals surface area contributed by atoms with Crippen LogP contribution in [-0.4, -0.2) is 91.0 Å². The first kappa shape index (κ1) is 35.7. The fourth-order valence-corrected chi connectivity index (χ4v) is 7.99. The van der Waals surface area contributed by atoms with Crippen LogP contribution < -0.4 is 15.0 Å². The molecule has 5 rings (SSSR count). The molecular weight excluding hydrogens is 633 g/mol. The third-order valence-corrected chi connectivity index (χ3v) is 10.4. The van der Waals surface area contributed by atoms with Gasteiger partial charge >= 0.3 is 6.09 Å². The number of halogens is 2. The van der Waals surface area contributed by atoms with Gasteiger partial charge in [0.1, 0.15) is 29.2 Å². The van der Waals surface area contributed by atoms with E-state index in [1.807, 2.05) is 45.0 Å². The highest BCUT2D eigenvalue weighted by Crippen LogP contribution is 2.55. The number of carbonyl (C=O) groups is 2. The van der Waals surface area contributed by atoms with Gasteiger partial charge in [0.15, 0.2) is 0 Å². The largest absolute Gasteiger partial charge is 0.489 e. The molecule has 2 saturated heterocycles. The highest BCUT2D eigenvalue weighted by atomic mass is 35.5.